The lowest BCUT2D eigenvalue weighted by atomic mass is 10.1. The molecule has 0 saturated carbocycles. The fourth-order valence-corrected chi connectivity index (χ4v) is 1.56. The molecule has 0 spiro atoms. The third kappa shape index (κ3) is 1.68. The molecule has 1 aliphatic heterocycles. The van der Waals surface area contributed by atoms with E-state index in [9.17, 15) is 0 Å². The zero-order chi connectivity index (χ0) is 10.1. The molecule has 0 unspecified atom stereocenters. The maximum atomic E-state index is 5.87. The molecule has 2 rings (SSSR count). The average molecular weight is 193 g/mol. The number of benzene rings is 1. The summed E-state index contributed by atoms with van der Waals surface area (Å²) in [6, 6.07) is 5.78. The molecule has 0 radical (unpaired) electrons. The molecule has 1 aliphatic rings. The highest BCUT2D eigenvalue weighted by Gasteiger charge is 2.20. The van der Waals surface area contributed by atoms with Crippen LogP contribution < -0.4 is 15.2 Å². The fraction of sp³-hybridized carbons (Fsp3) is 0.455. The zero-order valence-electron chi connectivity index (χ0n) is 8.49. The van der Waals surface area contributed by atoms with Gasteiger partial charge >= 0.3 is 0 Å². The Morgan fingerprint density at radius 1 is 1.50 bits per heavy atom. The van der Waals surface area contributed by atoms with Gasteiger partial charge in [0, 0.05) is 5.56 Å². The van der Waals surface area contributed by atoms with E-state index in [1.165, 1.54) is 0 Å². The first-order chi connectivity index (χ1) is 6.66. The van der Waals surface area contributed by atoms with Crippen molar-refractivity contribution >= 4 is 0 Å². The first-order valence-corrected chi connectivity index (χ1v) is 4.86. The minimum absolute atomic E-state index is 0.0132. The highest BCUT2D eigenvalue weighted by atomic mass is 16.5. The quantitative estimate of drug-likeness (QED) is 0.779. The van der Waals surface area contributed by atoms with Crippen LogP contribution >= 0.6 is 0 Å². The van der Waals surface area contributed by atoms with Crippen LogP contribution in [0.3, 0.4) is 0 Å². The van der Waals surface area contributed by atoms with E-state index in [1.807, 2.05) is 32.0 Å². The molecule has 1 heterocycles. The molecule has 76 valence electrons. The van der Waals surface area contributed by atoms with Gasteiger partial charge in [-0.15, -0.1) is 0 Å². The van der Waals surface area contributed by atoms with Crippen molar-refractivity contribution in [2.45, 2.75) is 26.0 Å². The zero-order valence-corrected chi connectivity index (χ0v) is 8.49. The smallest absolute Gasteiger partial charge is 0.124 e. The lowest BCUT2D eigenvalue weighted by molar-refractivity contribution is 0.242. The summed E-state index contributed by atoms with van der Waals surface area (Å²) in [5.74, 6) is 1.74. The molecule has 3 nitrogen and oxygen atoms in total. The van der Waals surface area contributed by atoms with Gasteiger partial charge in [0.15, 0.2) is 0 Å². The standard InChI is InChI=1S/C11H15NO2/c1-7(2)14-8-3-4-11-9(5-8)10(12)6-13-11/h3-5,7,10H,6,12H2,1-2H3/t10-/m0/s1. The molecule has 0 fully saturated rings. The molecule has 0 bridgehead atoms. The monoisotopic (exact) mass is 193 g/mol. The predicted octanol–water partition coefficient (Wildman–Crippen LogP) is 1.87. The van der Waals surface area contributed by atoms with E-state index in [0.717, 1.165) is 17.1 Å². The molecule has 1 aromatic rings. The molecule has 0 aliphatic carbocycles. The minimum Gasteiger partial charge on any atom is -0.491 e. The molecule has 0 aromatic heterocycles. The predicted molar refractivity (Wildman–Crippen MR) is 54.6 cm³/mol. The Bertz CT molecular complexity index is 336. The van der Waals surface area contributed by atoms with Gasteiger partial charge in [-0.3, -0.25) is 0 Å². The number of hydrogen-bond donors (Lipinski definition) is 1. The summed E-state index contributed by atoms with van der Waals surface area (Å²) in [6.07, 6.45) is 0.187. The molecule has 14 heavy (non-hydrogen) atoms. The number of nitrogens with two attached hydrogens (primary N) is 1. The van der Waals surface area contributed by atoms with Crippen LogP contribution in [0.25, 0.3) is 0 Å². The van der Waals surface area contributed by atoms with Gasteiger partial charge in [0.05, 0.1) is 12.1 Å². The second-order valence-corrected chi connectivity index (χ2v) is 3.78. The van der Waals surface area contributed by atoms with E-state index in [-0.39, 0.29) is 12.1 Å². The van der Waals surface area contributed by atoms with Crippen LogP contribution in [0.15, 0.2) is 18.2 Å². The van der Waals surface area contributed by atoms with Crippen LogP contribution in [0, 0.1) is 0 Å². The lowest BCUT2D eigenvalue weighted by Crippen LogP contribution is -2.11. The third-order valence-electron chi connectivity index (χ3n) is 2.17. The summed E-state index contributed by atoms with van der Waals surface area (Å²) >= 11 is 0. The molecule has 2 N–H and O–H groups in total. The van der Waals surface area contributed by atoms with Gasteiger partial charge in [0.25, 0.3) is 0 Å². The normalized spacial score (nSPS) is 19.3. The maximum absolute atomic E-state index is 5.87. The Hall–Kier alpha value is -1.22. The number of fused-ring (bicyclic) bond motifs is 1. The van der Waals surface area contributed by atoms with Crippen molar-refractivity contribution in [2.24, 2.45) is 5.73 Å². The molecule has 0 amide bonds. The van der Waals surface area contributed by atoms with Crippen molar-refractivity contribution in [2.75, 3.05) is 6.61 Å². The van der Waals surface area contributed by atoms with Crippen molar-refractivity contribution in [3.8, 4) is 11.5 Å². The van der Waals surface area contributed by atoms with Gasteiger partial charge < -0.3 is 15.2 Å². The van der Waals surface area contributed by atoms with Crippen LogP contribution in [0.2, 0.25) is 0 Å². The molecule has 1 atom stereocenters. The van der Waals surface area contributed by atoms with E-state index in [0.29, 0.717) is 6.61 Å². The molecule has 0 saturated heterocycles. The van der Waals surface area contributed by atoms with Crippen molar-refractivity contribution < 1.29 is 9.47 Å². The van der Waals surface area contributed by atoms with E-state index < -0.39 is 0 Å². The average Bonchev–Trinajstić information content (AvgIpc) is 2.47. The summed E-state index contributed by atoms with van der Waals surface area (Å²) < 4.78 is 11.0. The highest BCUT2D eigenvalue weighted by molar-refractivity contribution is 5.44. The first-order valence-electron chi connectivity index (χ1n) is 4.86. The van der Waals surface area contributed by atoms with Gasteiger partial charge in [-0.1, -0.05) is 0 Å². The van der Waals surface area contributed by atoms with Crippen molar-refractivity contribution in [3.63, 3.8) is 0 Å². The SMILES string of the molecule is CC(C)Oc1ccc2c(c1)[C@@H](N)CO2. The van der Waals surface area contributed by atoms with E-state index in [4.69, 9.17) is 15.2 Å². The lowest BCUT2D eigenvalue weighted by Gasteiger charge is -2.10. The minimum atomic E-state index is -0.0132. The Balaban J connectivity index is 2.26. The number of ether oxygens (including phenoxy) is 2. The summed E-state index contributed by atoms with van der Waals surface area (Å²) in [5.41, 5.74) is 6.91. The van der Waals surface area contributed by atoms with E-state index in [1.54, 1.807) is 0 Å². The molecule has 1 aromatic carbocycles. The number of hydrogen-bond acceptors (Lipinski definition) is 3. The van der Waals surface area contributed by atoms with Crippen LogP contribution in [0.5, 0.6) is 11.5 Å². The van der Waals surface area contributed by atoms with Gasteiger partial charge in [-0.05, 0) is 32.0 Å². The van der Waals surface area contributed by atoms with Gasteiger partial charge in [-0.2, -0.15) is 0 Å². The van der Waals surface area contributed by atoms with Crippen LogP contribution in [0.4, 0.5) is 0 Å². The molecular formula is C11H15NO2. The van der Waals surface area contributed by atoms with Crippen LogP contribution in [-0.2, 0) is 0 Å². The summed E-state index contributed by atoms with van der Waals surface area (Å²) in [7, 11) is 0. The summed E-state index contributed by atoms with van der Waals surface area (Å²) in [6.45, 7) is 4.58. The largest absolute Gasteiger partial charge is 0.491 e. The van der Waals surface area contributed by atoms with Crippen molar-refractivity contribution in [3.05, 3.63) is 23.8 Å². The maximum Gasteiger partial charge on any atom is 0.124 e. The summed E-state index contributed by atoms with van der Waals surface area (Å²) in [5, 5.41) is 0. The summed E-state index contributed by atoms with van der Waals surface area (Å²) in [4.78, 5) is 0. The fourth-order valence-electron chi connectivity index (χ4n) is 1.56. The topological polar surface area (TPSA) is 44.5 Å². The second kappa shape index (κ2) is 3.50. The van der Waals surface area contributed by atoms with E-state index in [2.05, 4.69) is 0 Å². The van der Waals surface area contributed by atoms with Crippen molar-refractivity contribution in [1.29, 1.82) is 0 Å². The molecule has 3 heteroatoms. The Kier molecular flexibility index (Phi) is 2.33. The number of rotatable bonds is 2. The first kappa shape index (κ1) is 9.34. The van der Waals surface area contributed by atoms with Crippen molar-refractivity contribution in [1.82, 2.24) is 0 Å². The Labute approximate surface area is 83.8 Å². The molecular weight excluding hydrogens is 178 g/mol. The van der Waals surface area contributed by atoms with Gasteiger partial charge in [-0.25, -0.2) is 0 Å². The van der Waals surface area contributed by atoms with Crippen LogP contribution in [-0.4, -0.2) is 12.7 Å². The third-order valence-corrected chi connectivity index (χ3v) is 2.17. The van der Waals surface area contributed by atoms with Gasteiger partial charge in [0.1, 0.15) is 18.1 Å². The Morgan fingerprint density at radius 3 is 3.00 bits per heavy atom. The highest BCUT2D eigenvalue weighted by Crippen LogP contribution is 2.33. The van der Waals surface area contributed by atoms with Gasteiger partial charge in [0.2, 0.25) is 0 Å². The second-order valence-electron chi connectivity index (χ2n) is 3.78. The van der Waals surface area contributed by atoms with Crippen LogP contribution in [0.1, 0.15) is 25.5 Å². The Morgan fingerprint density at radius 2 is 2.29 bits per heavy atom. The van der Waals surface area contributed by atoms with E-state index >= 15 is 0 Å².